The van der Waals surface area contributed by atoms with Gasteiger partial charge in [0.15, 0.2) is 0 Å². The first kappa shape index (κ1) is 24.6. The fraction of sp³-hybridized carbons (Fsp3) is 0.320. The first-order valence-corrected chi connectivity index (χ1v) is 12.9. The van der Waals surface area contributed by atoms with Crippen LogP contribution < -0.4 is 10.6 Å². The average Bonchev–Trinajstić information content (AvgIpc) is 2.87. The number of carbonyl (C=O) groups is 1. The standard InChI is InChI=1S/C25H28N4O5S/c1-17(21-9-5-7-18-6-3-4-8-22(18)21)27-25(30)19-12-14-28(15-13-19)35(33,34)20-10-11-23(26-2)24(16-20)29(31)32/h3-11,16-17,19,26H,12-15H2,1-2H3,(H,27,30). The number of sulfonamides is 1. The minimum Gasteiger partial charge on any atom is -0.383 e. The Morgan fingerprint density at radius 2 is 1.77 bits per heavy atom. The van der Waals surface area contributed by atoms with Crippen molar-refractivity contribution < 1.29 is 18.1 Å². The maximum Gasteiger partial charge on any atom is 0.293 e. The molecule has 1 fully saturated rings. The summed E-state index contributed by atoms with van der Waals surface area (Å²) in [4.78, 5) is 23.6. The number of nitro benzene ring substituents is 1. The number of amides is 1. The normalized spacial score (nSPS) is 16.1. The topological polar surface area (TPSA) is 122 Å². The lowest BCUT2D eigenvalue weighted by Crippen LogP contribution is -2.43. The largest absolute Gasteiger partial charge is 0.383 e. The number of nitrogens with one attached hydrogen (secondary N) is 2. The summed E-state index contributed by atoms with van der Waals surface area (Å²) in [6.45, 7) is 2.29. The fourth-order valence-corrected chi connectivity index (χ4v) is 6.07. The molecule has 0 spiro atoms. The van der Waals surface area contributed by atoms with Crippen LogP contribution in [0.15, 0.2) is 65.6 Å². The molecule has 1 atom stereocenters. The quantitative estimate of drug-likeness (QED) is 0.376. The predicted molar refractivity (Wildman–Crippen MR) is 135 cm³/mol. The van der Waals surface area contributed by atoms with Crippen LogP contribution in [0.25, 0.3) is 10.8 Å². The number of carbonyl (C=O) groups excluding carboxylic acids is 1. The molecule has 0 radical (unpaired) electrons. The van der Waals surface area contributed by atoms with Crippen LogP contribution in [-0.4, -0.2) is 43.7 Å². The van der Waals surface area contributed by atoms with Crippen molar-refractivity contribution in [1.29, 1.82) is 0 Å². The summed E-state index contributed by atoms with van der Waals surface area (Å²) in [6, 6.07) is 17.6. The molecular formula is C25H28N4O5S. The molecule has 3 aromatic carbocycles. The summed E-state index contributed by atoms with van der Waals surface area (Å²) in [5.41, 5.74) is 0.970. The average molecular weight is 497 g/mol. The number of hydrogen-bond donors (Lipinski definition) is 2. The molecule has 0 bridgehead atoms. The van der Waals surface area contributed by atoms with Crippen LogP contribution in [0.5, 0.6) is 0 Å². The van der Waals surface area contributed by atoms with Crippen molar-refractivity contribution in [1.82, 2.24) is 9.62 Å². The summed E-state index contributed by atoms with van der Waals surface area (Å²) in [5.74, 6) is -0.406. The zero-order chi connectivity index (χ0) is 25.2. The Morgan fingerprint density at radius 3 is 2.46 bits per heavy atom. The van der Waals surface area contributed by atoms with E-state index in [1.54, 1.807) is 0 Å². The van der Waals surface area contributed by atoms with Crippen molar-refractivity contribution in [3.8, 4) is 0 Å². The van der Waals surface area contributed by atoms with Crippen LogP contribution in [0.1, 0.15) is 31.4 Å². The highest BCUT2D eigenvalue weighted by Gasteiger charge is 2.33. The Bertz CT molecular complexity index is 1360. The number of benzene rings is 3. The molecule has 0 aliphatic carbocycles. The van der Waals surface area contributed by atoms with Crippen molar-refractivity contribution >= 4 is 38.1 Å². The number of hydrogen-bond acceptors (Lipinski definition) is 6. The minimum atomic E-state index is -3.91. The lowest BCUT2D eigenvalue weighted by atomic mass is 9.95. The van der Waals surface area contributed by atoms with E-state index in [1.807, 2.05) is 49.4 Å². The van der Waals surface area contributed by atoms with Crippen molar-refractivity contribution in [2.45, 2.75) is 30.7 Å². The number of rotatable bonds is 7. The van der Waals surface area contributed by atoms with Crippen LogP contribution in [-0.2, 0) is 14.8 Å². The van der Waals surface area contributed by atoms with E-state index < -0.39 is 14.9 Å². The van der Waals surface area contributed by atoms with Gasteiger partial charge in [0.05, 0.1) is 15.9 Å². The van der Waals surface area contributed by atoms with Gasteiger partial charge in [-0.25, -0.2) is 8.42 Å². The lowest BCUT2D eigenvalue weighted by molar-refractivity contribution is -0.384. The van der Waals surface area contributed by atoms with Gasteiger partial charge in [-0.15, -0.1) is 0 Å². The van der Waals surface area contributed by atoms with Crippen LogP contribution in [0, 0.1) is 16.0 Å². The molecule has 1 aliphatic heterocycles. The molecule has 0 saturated carbocycles. The van der Waals surface area contributed by atoms with E-state index in [2.05, 4.69) is 10.6 Å². The second-order valence-corrected chi connectivity index (χ2v) is 10.6. The van der Waals surface area contributed by atoms with E-state index in [4.69, 9.17) is 0 Å². The summed E-state index contributed by atoms with van der Waals surface area (Å²) in [5, 5.41) is 19.3. The van der Waals surface area contributed by atoms with Crippen LogP contribution in [0.3, 0.4) is 0 Å². The first-order valence-electron chi connectivity index (χ1n) is 11.5. The third-order valence-corrected chi connectivity index (χ3v) is 8.44. The SMILES string of the molecule is CNc1ccc(S(=O)(=O)N2CCC(C(=O)NC(C)c3cccc4ccccc34)CC2)cc1[N+](=O)[O-]. The number of anilines is 1. The van der Waals surface area contributed by atoms with Gasteiger partial charge in [0.2, 0.25) is 15.9 Å². The van der Waals surface area contributed by atoms with E-state index in [-0.39, 0.29) is 47.2 Å². The van der Waals surface area contributed by atoms with Crippen molar-refractivity contribution in [2.24, 2.45) is 5.92 Å². The van der Waals surface area contributed by atoms with Gasteiger partial charge in [0, 0.05) is 32.1 Å². The minimum absolute atomic E-state index is 0.100. The van der Waals surface area contributed by atoms with Gasteiger partial charge in [-0.3, -0.25) is 14.9 Å². The third kappa shape index (κ3) is 4.98. The molecule has 35 heavy (non-hydrogen) atoms. The highest BCUT2D eigenvalue weighted by molar-refractivity contribution is 7.89. The zero-order valence-electron chi connectivity index (χ0n) is 19.6. The molecule has 1 saturated heterocycles. The Labute approximate surface area is 204 Å². The molecule has 9 nitrogen and oxygen atoms in total. The van der Waals surface area contributed by atoms with E-state index >= 15 is 0 Å². The Morgan fingerprint density at radius 1 is 1.09 bits per heavy atom. The van der Waals surface area contributed by atoms with Gasteiger partial charge in [0.1, 0.15) is 5.69 Å². The van der Waals surface area contributed by atoms with Gasteiger partial charge in [0.25, 0.3) is 5.69 Å². The number of fused-ring (bicyclic) bond motifs is 1. The number of nitro groups is 1. The monoisotopic (exact) mass is 496 g/mol. The Balaban J connectivity index is 1.42. The number of nitrogens with zero attached hydrogens (tertiary/aromatic N) is 2. The molecule has 3 aromatic rings. The summed E-state index contributed by atoms with van der Waals surface area (Å²) in [6.07, 6.45) is 0.758. The van der Waals surface area contributed by atoms with Crippen LogP contribution >= 0.6 is 0 Å². The van der Waals surface area contributed by atoms with Crippen molar-refractivity contribution in [3.05, 3.63) is 76.3 Å². The lowest BCUT2D eigenvalue weighted by Gasteiger charge is -2.31. The summed E-state index contributed by atoms with van der Waals surface area (Å²) in [7, 11) is -2.38. The van der Waals surface area contributed by atoms with Crippen LogP contribution in [0.2, 0.25) is 0 Å². The van der Waals surface area contributed by atoms with Crippen molar-refractivity contribution in [3.63, 3.8) is 0 Å². The van der Waals surface area contributed by atoms with Gasteiger partial charge in [-0.1, -0.05) is 42.5 Å². The van der Waals surface area contributed by atoms with Gasteiger partial charge in [-0.2, -0.15) is 4.31 Å². The highest BCUT2D eigenvalue weighted by Crippen LogP contribution is 2.31. The van der Waals surface area contributed by atoms with Crippen molar-refractivity contribution in [2.75, 3.05) is 25.5 Å². The smallest absolute Gasteiger partial charge is 0.293 e. The second kappa shape index (κ2) is 10.0. The molecule has 1 aliphatic rings. The molecule has 10 heteroatoms. The van der Waals surface area contributed by atoms with Gasteiger partial charge >= 0.3 is 0 Å². The Kier molecular flexibility index (Phi) is 7.04. The third-order valence-electron chi connectivity index (χ3n) is 6.55. The van der Waals surface area contributed by atoms with E-state index in [1.165, 1.54) is 23.5 Å². The highest BCUT2D eigenvalue weighted by atomic mass is 32.2. The van der Waals surface area contributed by atoms with Gasteiger partial charge in [-0.05, 0) is 48.2 Å². The summed E-state index contributed by atoms with van der Waals surface area (Å²) < 4.78 is 27.5. The summed E-state index contributed by atoms with van der Waals surface area (Å²) >= 11 is 0. The predicted octanol–water partition coefficient (Wildman–Crippen LogP) is 4.07. The van der Waals surface area contributed by atoms with E-state index in [0.717, 1.165) is 22.4 Å². The number of piperidine rings is 1. The van der Waals surface area contributed by atoms with Gasteiger partial charge < -0.3 is 10.6 Å². The molecule has 2 N–H and O–H groups in total. The Hall–Kier alpha value is -3.50. The van der Waals surface area contributed by atoms with E-state index in [9.17, 15) is 23.3 Å². The zero-order valence-corrected chi connectivity index (χ0v) is 20.4. The maximum atomic E-state index is 13.1. The second-order valence-electron chi connectivity index (χ2n) is 8.66. The maximum absolute atomic E-state index is 13.1. The first-order chi connectivity index (χ1) is 16.7. The molecule has 184 valence electrons. The molecule has 0 aromatic heterocycles. The molecule has 1 amide bonds. The van der Waals surface area contributed by atoms with Crippen LogP contribution in [0.4, 0.5) is 11.4 Å². The van der Waals surface area contributed by atoms with E-state index in [0.29, 0.717) is 12.8 Å². The molecular weight excluding hydrogens is 468 g/mol. The molecule has 4 rings (SSSR count). The fourth-order valence-electron chi connectivity index (χ4n) is 4.58. The molecule has 1 unspecified atom stereocenters. The molecule has 1 heterocycles.